The molecule has 0 aromatic rings. The van der Waals surface area contributed by atoms with E-state index < -0.39 is 0 Å². The number of terminal acetylenes is 1. The molecule has 0 amide bonds. The Kier molecular flexibility index (Phi) is 2.73. The molecule has 0 unspecified atom stereocenters. The lowest BCUT2D eigenvalue weighted by Crippen LogP contribution is -1.92. The van der Waals surface area contributed by atoms with Gasteiger partial charge in [-0.25, -0.2) is 0 Å². The lowest BCUT2D eigenvalue weighted by atomic mass is 10.1. The van der Waals surface area contributed by atoms with Crippen LogP contribution in [0, 0.1) is 12.3 Å². The zero-order valence-corrected chi connectivity index (χ0v) is 5.92. The molecular weight excluding hydrogens is 128 g/mol. The summed E-state index contributed by atoms with van der Waals surface area (Å²) in [4.78, 5) is 0. The number of epoxide rings is 1. The fourth-order valence-electron chi connectivity index (χ4n) is 0.966. The van der Waals surface area contributed by atoms with Crippen LogP contribution in [0.5, 0.6) is 0 Å². The number of ether oxygens (including phenoxy) is 1. The van der Waals surface area contributed by atoms with Crippen LogP contribution in [0.1, 0.15) is 19.3 Å². The third kappa shape index (κ3) is 2.02. The van der Waals surface area contributed by atoms with E-state index in [1.165, 1.54) is 0 Å². The van der Waals surface area contributed by atoms with Crippen LogP contribution in [0.4, 0.5) is 0 Å². The second kappa shape index (κ2) is 3.60. The average molecular weight is 140 g/mol. The molecule has 0 bridgehead atoms. The molecular formula is C8H12O2. The molecule has 0 aliphatic carbocycles. The molecule has 0 radical (unpaired) electrons. The first-order chi connectivity index (χ1) is 4.88. The predicted molar refractivity (Wildman–Crippen MR) is 38.4 cm³/mol. The van der Waals surface area contributed by atoms with Crippen molar-refractivity contribution in [1.82, 2.24) is 0 Å². The summed E-state index contributed by atoms with van der Waals surface area (Å²) in [6.45, 7) is 0.271. The van der Waals surface area contributed by atoms with Crippen LogP contribution in [-0.4, -0.2) is 23.9 Å². The fraction of sp³-hybridized carbons (Fsp3) is 0.750. The summed E-state index contributed by atoms with van der Waals surface area (Å²) in [5.41, 5.74) is 0. The highest BCUT2D eigenvalue weighted by molar-refractivity contribution is 5.07. The van der Waals surface area contributed by atoms with Gasteiger partial charge in [0.15, 0.2) is 0 Å². The minimum atomic E-state index is 0.0682. The Morgan fingerprint density at radius 2 is 2.30 bits per heavy atom. The topological polar surface area (TPSA) is 32.8 Å². The van der Waals surface area contributed by atoms with Crippen LogP contribution in [0.2, 0.25) is 0 Å². The zero-order chi connectivity index (χ0) is 7.40. The Balaban J connectivity index is 1.93. The number of aliphatic hydroxyl groups excluding tert-OH is 1. The first-order valence-electron chi connectivity index (χ1n) is 3.61. The largest absolute Gasteiger partial charge is 0.396 e. The molecule has 1 fully saturated rings. The molecule has 10 heavy (non-hydrogen) atoms. The van der Waals surface area contributed by atoms with Gasteiger partial charge in [-0.05, 0) is 19.3 Å². The summed E-state index contributed by atoms with van der Waals surface area (Å²) in [6, 6.07) is 0. The van der Waals surface area contributed by atoms with Crippen molar-refractivity contribution in [3.63, 3.8) is 0 Å². The van der Waals surface area contributed by atoms with E-state index in [1.807, 2.05) is 0 Å². The molecule has 2 nitrogen and oxygen atoms in total. The maximum absolute atomic E-state index is 8.44. The van der Waals surface area contributed by atoms with E-state index in [0.717, 1.165) is 19.3 Å². The van der Waals surface area contributed by atoms with E-state index >= 15 is 0 Å². The molecule has 0 saturated carbocycles. The van der Waals surface area contributed by atoms with Gasteiger partial charge >= 0.3 is 0 Å². The maximum Gasteiger partial charge on any atom is 0.144 e. The molecule has 1 aliphatic heterocycles. The van der Waals surface area contributed by atoms with E-state index in [9.17, 15) is 0 Å². The van der Waals surface area contributed by atoms with Crippen LogP contribution in [0.3, 0.4) is 0 Å². The second-order valence-corrected chi connectivity index (χ2v) is 2.48. The summed E-state index contributed by atoms with van der Waals surface area (Å²) >= 11 is 0. The minimum absolute atomic E-state index is 0.0682. The fourth-order valence-corrected chi connectivity index (χ4v) is 0.966. The minimum Gasteiger partial charge on any atom is -0.396 e. The van der Waals surface area contributed by atoms with Crippen LogP contribution < -0.4 is 0 Å². The first kappa shape index (κ1) is 7.59. The normalized spacial score (nSPS) is 29.6. The molecule has 2 atom stereocenters. The molecule has 1 aliphatic rings. The van der Waals surface area contributed by atoms with Crippen molar-refractivity contribution < 1.29 is 9.84 Å². The average Bonchev–Trinajstić information content (AvgIpc) is 2.68. The molecule has 0 aromatic carbocycles. The van der Waals surface area contributed by atoms with Gasteiger partial charge in [0.1, 0.15) is 6.10 Å². The highest BCUT2D eigenvalue weighted by atomic mass is 16.6. The van der Waals surface area contributed by atoms with Gasteiger partial charge in [-0.2, -0.15) is 0 Å². The molecule has 0 aromatic heterocycles. The third-order valence-corrected chi connectivity index (χ3v) is 1.64. The van der Waals surface area contributed by atoms with E-state index in [4.69, 9.17) is 16.3 Å². The van der Waals surface area contributed by atoms with Crippen molar-refractivity contribution in [2.75, 3.05) is 6.61 Å². The van der Waals surface area contributed by atoms with Gasteiger partial charge in [-0.15, -0.1) is 6.42 Å². The van der Waals surface area contributed by atoms with Crippen LogP contribution >= 0.6 is 0 Å². The van der Waals surface area contributed by atoms with Gasteiger partial charge in [0, 0.05) is 6.61 Å². The highest BCUT2D eigenvalue weighted by Crippen LogP contribution is 2.25. The Labute approximate surface area is 61.2 Å². The standard InChI is InChI=1S/C8H12O2/c1-2-7-8(10-7)5-3-4-6-9/h1,7-9H,3-6H2/t7-,8+/m0/s1. The lowest BCUT2D eigenvalue weighted by Gasteiger charge is -1.91. The van der Waals surface area contributed by atoms with E-state index in [1.54, 1.807) is 0 Å². The molecule has 56 valence electrons. The first-order valence-corrected chi connectivity index (χ1v) is 3.61. The number of unbranched alkanes of at least 4 members (excludes halogenated alkanes) is 1. The van der Waals surface area contributed by atoms with Crippen molar-refractivity contribution in [2.24, 2.45) is 0 Å². The van der Waals surface area contributed by atoms with Gasteiger partial charge in [0.2, 0.25) is 0 Å². The maximum atomic E-state index is 8.44. The molecule has 0 spiro atoms. The van der Waals surface area contributed by atoms with Crippen molar-refractivity contribution >= 4 is 0 Å². The number of rotatable bonds is 4. The van der Waals surface area contributed by atoms with Gasteiger partial charge in [-0.3, -0.25) is 0 Å². The van der Waals surface area contributed by atoms with E-state index in [0.29, 0.717) is 0 Å². The van der Waals surface area contributed by atoms with Crippen molar-refractivity contribution in [2.45, 2.75) is 31.5 Å². The highest BCUT2D eigenvalue weighted by Gasteiger charge is 2.35. The molecule has 2 heteroatoms. The summed E-state index contributed by atoms with van der Waals surface area (Å²) in [5, 5.41) is 8.44. The van der Waals surface area contributed by atoms with Crippen molar-refractivity contribution in [3.05, 3.63) is 0 Å². The van der Waals surface area contributed by atoms with Crippen LogP contribution in [0.15, 0.2) is 0 Å². The monoisotopic (exact) mass is 140 g/mol. The Hall–Kier alpha value is -0.520. The quantitative estimate of drug-likeness (QED) is 0.351. The summed E-state index contributed by atoms with van der Waals surface area (Å²) in [5.74, 6) is 2.53. The van der Waals surface area contributed by atoms with E-state index in [2.05, 4.69) is 5.92 Å². The summed E-state index contributed by atoms with van der Waals surface area (Å²) in [7, 11) is 0. The molecule has 1 N–H and O–H groups in total. The lowest BCUT2D eigenvalue weighted by molar-refractivity contribution is 0.278. The SMILES string of the molecule is C#C[C@@H]1O[C@@H]1CCCCO. The Morgan fingerprint density at radius 3 is 2.80 bits per heavy atom. The number of aliphatic hydroxyl groups is 1. The van der Waals surface area contributed by atoms with Gasteiger partial charge < -0.3 is 9.84 Å². The summed E-state index contributed by atoms with van der Waals surface area (Å²) < 4.78 is 5.09. The zero-order valence-electron chi connectivity index (χ0n) is 5.92. The summed E-state index contributed by atoms with van der Waals surface area (Å²) in [6.07, 6.45) is 8.33. The molecule has 1 saturated heterocycles. The number of hydrogen-bond acceptors (Lipinski definition) is 2. The van der Waals surface area contributed by atoms with Crippen LogP contribution in [-0.2, 0) is 4.74 Å². The molecule has 1 rings (SSSR count). The van der Waals surface area contributed by atoms with Crippen molar-refractivity contribution in [3.8, 4) is 12.3 Å². The van der Waals surface area contributed by atoms with Crippen molar-refractivity contribution in [1.29, 1.82) is 0 Å². The second-order valence-electron chi connectivity index (χ2n) is 2.48. The predicted octanol–water partition coefficient (Wildman–Crippen LogP) is 0.550. The van der Waals surface area contributed by atoms with Gasteiger partial charge in [0.25, 0.3) is 0 Å². The van der Waals surface area contributed by atoms with E-state index in [-0.39, 0.29) is 18.8 Å². The van der Waals surface area contributed by atoms with Gasteiger partial charge in [-0.1, -0.05) is 5.92 Å². The Bertz CT molecular complexity index is 137. The van der Waals surface area contributed by atoms with Crippen LogP contribution in [0.25, 0.3) is 0 Å². The molecule has 1 heterocycles. The Morgan fingerprint density at radius 1 is 1.50 bits per heavy atom. The van der Waals surface area contributed by atoms with Gasteiger partial charge in [0.05, 0.1) is 6.10 Å². The number of hydrogen-bond donors (Lipinski definition) is 1. The smallest absolute Gasteiger partial charge is 0.144 e. The third-order valence-electron chi connectivity index (χ3n) is 1.64.